The lowest BCUT2D eigenvalue weighted by Crippen LogP contribution is -2.15. The first kappa shape index (κ1) is 13.8. The molecule has 0 saturated carbocycles. The molecular weight excluding hydrogens is 278 g/mol. The number of hydrogen-bond donors (Lipinski definition) is 2. The number of nitrogens with two attached hydrogens (primary N) is 1. The van der Waals surface area contributed by atoms with Crippen molar-refractivity contribution in [1.82, 2.24) is 14.5 Å². The molecule has 3 heterocycles. The van der Waals surface area contributed by atoms with Crippen molar-refractivity contribution < 1.29 is 4.79 Å². The molecule has 3 rings (SSSR count). The van der Waals surface area contributed by atoms with Gasteiger partial charge in [0.2, 0.25) is 0 Å². The van der Waals surface area contributed by atoms with E-state index in [1.54, 1.807) is 36.8 Å². The minimum atomic E-state index is -0.299. The van der Waals surface area contributed by atoms with Crippen LogP contribution in [0.5, 0.6) is 0 Å². The van der Waals surface area contributed by atoms with Gasteiger partial charge in [0.15, 0.2) is 0 Å². The second kappa shape index (κ2) is 5.69. The number of pyridine rings is 2. The standard InChI is InChI=1S/C16H15N5O/c1-21-8-2-3-14(21)11-9-13(15(17)19-10-11)16(22)20-12-4-6-18-7-5-12/h2-10H,1H3,(H2,17,19)(H,18,20,22). The maximum Gasteiger partial charge on any atom is 0.259 e. The lowest BCUT2D eigenvalue weighted by Gasteiger charge is -2.09. The van der Waals surface area contributed by atoms with Crippen molar-refractivity contribution in [1.29, 1.82) is 0 Å². The van der Waals surface area contributed by atoms with Crippen LogP contribution in [0.3, 0.4) is 0 Å². The van der Waals surface area contributed by atoms with Crippen LogP contribution < -0.4 is 11.1 Å². The summed E-state index contributed by atoms with van der Waals surface area (Å²) in [6.45, 7) is 0. The summed E-state index contributed by atoms with van der Waals surface area (Å²) in [6.07, 6.45) is 6.81. The number of rotatable bonds is 3. The molecule has 22 heavy (non-hydrogen) atoms. The van der Waals surface area contributed by atoms with Crippen molar-refractivity contribution >= 4 is 17.4 Å². The van der Waals surface area contributed by atoms with E-state index >= 15 is 0 Å². The quantitative estimate of drug-likeness (QED) is 0.776. The van der Waals surface area contributed by atoms with Gasteiger partial charge in [0.05, 0.1) is 5.56 Å². The molecule has 0 saturated heterocycles. The van der Waals surface area contributed by atoms with Gasteiger partial charge in [0.25, 0.3) is 5.91 Å². The van der Waals surface area contributed by atoms with Gasteiger partial charge in [-0.25, -0.2) is 4.98 Å². The van der Waals surface area contributed by atoms with E-state index in [1.165, 1.54) is 0 Å². The van der Waals surface area contributed by atoms with Crippen molar-refractivity contribution in [3.05, 3.63) is 60.7 Å². The van der Waals surface area contributed by atoms with Crippen LogP contribution in [0, 0.1) is 0 Å². The number of amides is 1. The summed E-state index contributed by atoms with van der Waals surface area (Å²) >= 11 is 0. The number of nitrogens with zero attached hydrogens (tertiary/aromatic N) is 3. The third-order valence-corrected chi connectivity index (χ3v) is 3.34. The Morgan fingerprint density at radius 2 is 2.05 bits per heavy atom. The van der Waals surface area contributed by atoms with E-state index in [0.29, 0.717) is 11.3 Å². The third-order valence-electron chi connectivity index (χ3n) is 3.34. The fourth-order valence-corrected chi connectivity index (χ4v) is 2.19. The zero-order valence-electron chi connectivity index (χ0n) is 12.0. The van der Waals surface area contributed by atoms with Crippen LogP contribution in [0.25, 0.3) is 11.3 Å². The molecule has 0 atom stereocenters. The highest BCUT2D eigenvalue weighted by atomic mass is 16.1. The molecule has 0 radical (unpaired) electrons. The van der Waals surface area contributed by atoms with Crippen LogP contribution in [0.15, 0.2) is 55.1 Å². The first-order valence-corrected chi connectivity index (χ1v) is 6.74. The van der Waals surface area contributed by atoms with E-state index in [-0.39, 0.29) is 11.7 Å². The van der Waals surface area contributed by atoms with Gasteiger partial charge in [0.1, 0.15) is 5.82 Å². The molecule has 0 aliphatic heterocycles. The van der Waals surface area contributed by atoms with Crippen molar-refractivity contribution in [2.24, 2.45) is 7.05 Å². The van der Waals surface area contributed by atoms with E-state index in [2.05, 4.69) is 15.3 Å². The molecule has 0 spiro atoms. The van der Waals surface area contributed by atoms with Gasteiger partial charge >= 0.3 is 0 Å². The van der Waals surface area contributed by atoms with Crippen LogP contribution in [0.1, 0.15) is 10.4 Å². The van der Waals surface area contributed by atoms with Crippen LogP contribution in [-0.4, -0.2) is 20.4 Å². The molecule has 0 aromatic carbocycles. The maximum absolute atomic E-state index is 12.4. The highest BCUT2D eigenvalue weighted by Gasteiger charge is 2.13. The van der Waals surface area contributed by atoms with Gasteiger partial charge in [-0.15, -0.1) is 0 Å². The summed E-state index contributed by atoms with van der Waals surface area (Å²) in [6, 6.07) is 9.06. The molecule has 0 bridgehead atoms. The Balaban J connectivity index is 1.93. The molecule has 1 amide bonds. The molecule has 0 aliphatic rings. The van der Waals surface area contributed by atoms with E-state index in [1.807, 2.05) is 29.9 Å². The molecule has 6 heteroatoms. The molecular formula is C16H15N5O. The number of aromatic nitrogens is 3. The van der Waals surface area contributed by atoms with Gasteiger partial charge in [-0.1, -0.05) is 0 Å². The Morgan fingerprint density at radius 3 is 2.73 bits per heavy atom. The average molecular weight is 293 g/mol. The first-order chi connectivity index (χ1) is 10.6. The number of nitrogen functional groups attached to an aromatic ring is 1. The summed E-state index contributed by atoms with van der Waals surface area (Å²) in [5, 5.41) is 2.78. The van der Waals surface area contributed by atoms with E-state index in [9.17, 15) is 4.79 Å². The summed E-state index contributed by atoms with van der Waals surface area (Å²) in [4.78, 5) is 20.4. The summed E-state index contributed by atoms with van der Waals surface area (Å²) in [5.74, 6) is -0.100. The zero-order valence-corrected chi connectivity index (χ0v) is 12.0. The Labute approximate surface area is 127 Å². The average Bonchev–Trinajstić information content (AvgIpc) is 2.95. The minimum Gasteiger partial charge on any atom is -0.383 e. The topological polar surface area (TPSA) is 85.8 Å². The van der Waals surface area contributed by atoms with Gasteiger partial charge in [-0.2, -0.15) is 0 Å². The Hall–Kier alpha value is -3.15. The van der Waals surface area contributed by atoms with Crippen molar-refractivity contribution in [2.75, 3.05) is 11.1 Å². The number of carbonyl (C=O) groups excluding carboxylic acids is 1. The van der Waals surface area contributed by atoms with Crippen LogP contribution >= 0.6 is 0 Å². The lowest BCUT2D eigenvalue weighted by molar-refractivity contribution is 0.102. The number of hydrogen-bond acceptors (Lipinski definition) is 4. The molecule has 6 nitrogen and oxygen atoms in total. The first-order valence-electron chi connectivity index (χ1n) is 6.74. The summed E-state index contributed by atoms with van der Waals surface area (Å²) in [5.41, 5.74) is 8.64. The van der Waals surface area contributed by atoms with Crippen molar-refractivity contribution in [2.45, 2.75) is 0 Å². The minimum absolute atomic E-state index is 0.199. The molecule has 3 aromatic rings. The highest BCUT2D eigenvalue weighted by molar-refractivity contribution is 6.07. The van der Waals surface area contributed by atoms with Crippen molar-refractivity contribution in [3.8, 4) is 11.3 Å². The normalized spacial score (nSPS) is 10.4. The number of carbonyl (C=O) groups is 1. The number of nitrogens with one attached hydrogen (secondary N) is 1. The lowest BCUT2D eigenvalue weighted by atomic mass is 10.1. The zero-order chi connectivity index (χ0) is 15.5. The second-order valence-corrected chi connectivity index (χ2v) is 4.85. The SMILES string of the molecule is Cn1cccc1-c1cnc(N)c(C(=O)Nc2ccncc2)c1. The van der Waals surface area contributed by atoms with E-state index in [4.69, 9.17) is 5.73 Å². The highest BCUT2D eigenvalue weighted by Crippen LogP contribution is 2.22. The molecule has 110 valence electrons. The smallest absolute Gasteiger partial charge is 0.259 e. The Kier molecular flexibility index (Phi) is 3.57. The van der Waals surface area contributed by atoms with E-state index in [0.717, 1.165) is 11.3 Å². The second-order valence-electron chi connectivity index (χ2n) is 4.85. The van der Waals surface area contributed by atoms with Gasteiger partial charge in [-0.3, -0.25) is 9.78 Å². The van der Waals surface area contributed by atoms with Crippen LogP contribution in [0.4, 0.5) is 11.5 Å². The molecule has 3 N–H and O–H groups in total. The third kappa shape index (κ3) is 2.67. The van der Waals surface area contributed by atoms with E-state index < -0.39 is 0 Å². The molecule has 0 fully saturated rings. The van der Waals surface area contributed by atoms with Crippen LogP contribution in [0.2, 0.25) is 0 Å². The fraction of sp³-hybridized carbons (Fsp3) is 0.0625. The molecule has 0 unspecified atom stereocenters. The van der Waals surface area contributed by atoms with Gasteiger partial charge < -0.3 is 15.6 Å². The summed E-state index contributed by atoms with van der Waals surface area (Å²) in [7, 11) is 1.93. The largest absolute Gasteiger partial charge is 0.383 e. The van der Waals surface area contributed by atoms with Crippen LogP contribution in [-0.2, 0) is 7.05 Å². The number of aryl methyl sites for hydroxylation is 1. The number of anilines is 2. The molecule has 3 aromatic heterocycles. The molecule has 0 aliphatic carbocycles. The fourth-order valence-electron chi connectivity index (χ4n) is 2.19. The Bertz CT molecular complexity index is 810. The van der Waals surface area contributed by atoms with Crippen molar-refractivity contribution in [3.63, 3.8) is 0 Å². The van der Waals surface area contributed by atoms with Gasteiger partial charge in [0, 0.05) is 48.8 Å². The maximum atomic E-state index is 12.4. The van der Waals surface area contributed by atoms with Gasteiger partial charge in [-0.05, 0) is 30.3 Å². The monoisotopic (exact) mass is 293 g/mol. The predicted molar refractivity (Wildman–Crippen MR) is 85.2 cm³/mol. The Morgan fingerprint density at radius 1 is 1.27 bits per heavy atom. The predicted octanol–water partition coefficient (Wildman–Crippen LogP) is 2.32. The summed E-state index contributed by atoms with van der Waals surface area (Å²) < 4.78 is 1.96.